The van der Waals surface area contributed by atoms with Crippen molar-refractivity contribution in [3.05, 3.63) is 71.8 Å². The molecule has 1 saturated heterocycles. The van der Waals surface area contributed by atoms with Crippen LogP contribution in [0.2, 0.25) is 0 Å². The first kappa shape index (κ1) is 14.4. The summed E-state index contributed by atoms with van der Waals surface area (Å²) in [6, 6.07) is 16.8. The minimum Gasteiger partial charge on any atom is -0.387 e. The van der Waals surface area contributed by atoms with Gasteiger partial charge in [-0.2, -0.15) is 0 Å². The third kappa shape index (κ3) is 4.33. The van der Waals surface area contributed by atoms with E-state index in [0.717, 1.165) is 0 Å². The highest BCUT2D eigenvalue weighted by Crippen LogP contribution is 2.25. The predicted molar refractivity (Wildman–Crippen MR) is 105 cm³/mol. The number of benzene rings is 2. The van der Waals surface area contributed by atoms with Crippen LogP contribution >= 0.6 is 0 Å². The molecule has 1 aliphatic rings. The fraction of sp³-hybridized carbons (Fsp3) is 0.455. The van der Waals surface area contributed by atoms with Crippen LogP contribution in [-0.2, 0) is 0 Å². The molecule has 3 rings (SSSR count). The van der Waals surface area contributed by atoms with Gasteiger partial charge in [0.1, 0.15) is 0 Å². The number of hydrogen-bond acceptors (Lipinski definition) is 4. The van der Waals surface area contributed by atoms with Crippen LogP contribution in [0.1, 0.15) is 42.7 Å². The molecular weight excluding hydrogens is 324 g/mol. The Bertz CT molecular complexity index is 753. The molecule has 1 aliphatic heterocycles. The third-order valence-electron chi connectivity index (χ3n) is 5.10. The molecule has 4 atom stereocenters. The van der Waals surface area contributed by atoms with E-state index in [1.54, 1.807) is 38.1 Å². The Hall–Kier alpha value is -1.72. The van der Waals surface area contributed by atoms with Crippen LogP contribution in [0.3, 0.4) is 0 Å². The third-order valence-corrected chi connectivity index (χ3v) is 5.10. The highest BCUT2D eigenvalue weighted by atomic mass is 16.3. The van der Waals surface area contributed by atoms with Crippen molar-refractivity contribution in [2.24, 2.45) is 0 Å². The Morgan fingerprint density at radius 3 is 1.42 bits per heavy atom. The second-order valence-electron chi connectivity index (χ2n) is 6.80. The molecule has 2 aromatic rings. The summed E-state index contributed by atoms with van der Waals surface area (Å²) in [4.78, 5) is 2.78. The minimum absolute atomic E-state index is 0.226. The Balaban J connectivity index is 1.82. The molecule has 0 spiro atoms. The second kappa shape index (κ2) is 8.78. The number of hydrogen-bond donors (Lipinski definition) is 2. The molecule has 0 aliphatic carbocycles. The standard InChI is InChI=1S/C22H30N2O2/c1-17(21(25)19-9-5-3-6-10-19)23-13-15-24(16-14-23)18(2)22(26)20-11-7-4-8-12-20/h3-12,17-18,21-22,25-26H,13-16H2,1-2H3/t17-,18-,21-,22-/m1/s1/i13D2,15D2. The van der Waals surface area contributed by atoms with Crippen molar-refractivity contribution in [3.63, 3.8) is 0 Å². The van der Waals surface area contributed by atoms with E-state index in [2.05, 4.69) is 0 Å². The lowest BCUT2D eigenvalue weighted by molar-refractivity contribution is -0.00761. The largest absolute Gasteiger partial charge is 0.387 e. The summed E-state index contributed by atoms with van der Waals surface area (Å²) in [5, 5.41) is 21.5. The van der Waals surface area contributed by atoms with E-state index in [0.29, 0.717) is 11.1 Å². The smallest absolute Gasteiger partial charge is 0.0942 e. The molecule has 4 heteroatoms. The number of aliphatic hydroxyl groups excluding tert-OH is 2. The van der Waals surface area contributed by atoms with Crippen molar-refractivity contribution in [1.82, 2.24) is 9.80 Å². The molecule has 2 N–H and O–H groups in total. The highest BCUT2D eigenvalue weighted by Gasteiger charge is 2.30. The zero-order valence-electron chi connectivity index (χ0n) is 19.3. The van der Waals surface area contributed by atoms with Crippen LogP contribution in [0.15, 0.2) is 60.7 Å². The van der Waals surface area contributed by atoms with Gasteiger partial charge in [0.2, 0.25) is 0 Å². The van der Waals surface area contributed by atoms with Crippen molar-refractivity contribution >= 4 is 0 Å². The van der Waals surface area contributed by atoms with E-state index in [9.17, 15) is 10.2 Å². The van der Waals surface area contributed by atoms with Gasteiger partial charge in [-0.15, -0.1) is 0 Å². The molecule has 2 aromatic carbocycles. The van der Waals surface area contributed by atoms with Crippen molar-refractivity contribution in [1.29, 1.82) is 0 Å². The van der Waals surface area contributed by atoms with Crippen molar-refractivity contribution in [2.45, 2.75) is 38.1 Å². The summed E-state index contributed by atoms with van der Waals surface area (Å²) in [5.41, 5.74) is 1.33. The molecule has 0 radical (unpaired) electrons. The molecule has 0 unspecified atom stereocenters. The number of rotatable bonds is 6. The van der Waals surface area contributed by atoms with Gasteiger partial charge in [-0.1, -0.05) is 60.7 Å². The Labute approximate surface area is 162 Å². The minimum atomic E-state index is -2.37. The van der Waals surface area contributed by atoms with Gasteiger partial charge in [0.25, 0.3) is 0 Å². The molecule has 4 nitrogen and oxygen atoms in total. The van der Waals surface area contributed by atoms with Gasteiger partial charge in [-0.3, -0.25) is 9.80 Å². The Morgan fingerprint density at radius 1 is 0.731 bits per heavy atom. The fourth-order valence-electron chi connectivity index (χ4n) is 3.26. The Morgan fingerprint density at radius 2 is 1.08 bits per heavy atom. The summed E-state index contributed by atoms with van der Waals surface area (Å²) >= 11 is 0. The lowest BCUT2D eigenvalue weighted by Crippen LogP contribution is -2.54. The van der Waals surface area contributed by atoms with Gasteiger partial charge in [0.15, 0.2) is 0 Å². The van der Waals surface area contributed by atoms with Gasteiger partial charge in [0, 0.05) is 43.6 Å². The summed E-state index contributed by atoms with van der Waals surface area (Å²) in [6.45, 7) is -0.865. The van der Waals surface area contributed by atoms with E-state index in [1.165, 1.54) is 9.80 Å². The molecule has 1 fully saturated rings. The average molecular weight is 359 g/mol. The maximum absolute atomic E-state index is 10.8. The molecule has 0 saturated carbocycles. The summed E-state index contributed by atoms with van der Waals surface area (Å²) in [6.07, 6.45) is -1.90. The number of piperazine rings is 1. The van der Waals surface area contributed by atoms with Crippen LogP contribution in [0, 0.1) is 0 Å². The van der Waals surface area contributed by atoms with Crippen LogP contribution in [0.4, 0.5) is 0 Å². The average Bonchev–Trinajstić information content (AvgIpc) is 2.75. The van der Waals surface area contributed by atoms with Crippen molar-refractivity contribution in [3.8, 4) is 0 Å². The van der Waals surface area contributed by atoms with Gasteiger partial charge >= 0.3 is 0 Å². The maximum Gasteiger partial charge on any atom is 0.0942 e. The summed E-state index contributed by atoms with van der Waals surface area (Å²) < 4.78 is 34.5. The van der Waals surface area contributed by atoms with Gasteiger partial charge < -0.3 is 10.2 Å². The number of nitrogens with zero attached hydrogens (tertiary/aromatic N) is 2. The fourth-order valence-corrected chi connectivity index (χ4v) is 3.26. The van der Waals surface area contributed by atoms with Crippen molar-refractivity contribution in [2.75, 3.05) is 26.1 Å². The first-order valence-corrected chi connectivity index (χ1v) is 9.08. The van der Waals surface area contributed by atoms with Gasteiger partial charge in [0.05, 0.1) is 12.2 Å². The zero-order chi connectivity index (χ0) is 22.1. The lowest BCUT2D eigenvalue weighted by atomic mass is 10.00. The molecule has 140 valence electrons. The van der Waals surface area contributed by atoms with E-state index in [4.69, 9.17) is 5.48 Å². The second-order valence-corrected chi connectivity index (χ2v) is 6.80. The normalized spacial score (nSPS) is 27.2. The molecule has 1 heterocycles. The SMILES string of the molecule is [2H]C1([2H])N([C@H](C)[C@@H](O)c2ccccc2)CCN([C@H](C)[C@@H](O)c2ccccc2)C1([2H])[2H]. The topological polar surface area (TPSA) is 46.9 Å². The van der Waals surface area contributed by atoms with E-state index in [1.807, 2.05) is 36.4 Å². The first-order valence-electron chi connectivity index (χ1n) is 11.1. The van der Waals surface area contributed by atoms with E-state index < -0.39 is 37.3 Å². The van der Waals surface area contributed by atoms with Crippen molar-refractivity contribution < 1.29 is 15.7 Å². The highest BCUT2D eigenvalue weighted by molar-refractivity contribution is 5.19. The first-order chi connectivity index (χ1) is 14.1. The number of aliphatic hydroxyl groups is 2. The lowest BCUT2D eigenvalue weighted by Gasteiger charge is -2.42. The zero-order valence-corrected chi connectivity index (χ0v) is 15.3. The van der Waals surface area contributed by atoms with Gasteiger partial charge in [-0.05, 0) is 25.0 Å². The summed E-state index contributed by atoms with van der Waals surface area (Å²) in [5.74, 6) is 0. The van der Waals surface area contributed by atoms with Crippen LogP contribution < -0.4 is 0 Å². The quantitative estimate of drug-likeness (QED) is 0.834. The molecule has 0 amide bonds. The monoisotopic (exact) mass is 358 g/mol. The van der Waals surface area contributed by atoms with Crippen LogP contribution in [0.5, 0.6) is 0 Å². The molecule has 26 heavy (non-hydrogen) atoms. The molecule has 0 aromatic heterocycles. The summed E-state index contributed by atoms with van der Waals surface area (Å²) in [7, 11) is 0. The van der Waals surface area contributed by atoms with Crippen LogP contribution in [0.25, 0.3) is 0 Å². The molecular formula is C22H30N2O2. The van der Waals surface area contributed by atoms with E-state index >= 15 is 0 Å². The van der Waals surface area contributed by atoms with Gasteiger partial charge in [-0.25, -0.2) is 0 Å². The Kier molecular flexibility index (Phi) is 4.85. The maximum atomic E-state index is 10.8. The predicted octanol–water partition coefficient (Wildman–Crippen LogP) is 2.85. The van der Waals surface area contributed by atoms with E-state index in [-0.39, 0.29) is 13.1 Å². The molecule has 0 bridgehead atoms. The van der Waals surface area contributed by atoms with Crippen LogP contribution in [-0.4, -0.2) is 58.2 Å².